The molecule has 2 aromatic rings. The van der Waals surface area contributed by atoms with Gasteiger partial charge >= 0.3 is 0 Å². The SMILES string of the molecule is COCSc1ncc(Sc2nnc(SCOC)s2)s1. The molecular weight excluding hydrogens is 342 g/mol. The summed E-state index contributed by atoms with van der Waals surface area (Å²) in [5.74, 6) is 1.21. The van der Waals surface area contributed by atoms with E-state index in [2.05, 4.69) is 15.2 Å². The van der Waals surface area contributed by atoms with E-state index in [-0.39, 0.29) is 0 Å². The normalized spacial score (nSPS) is 11.1. The van der Waals surface area contributed by atoms with Crippen molar-refractivity contribution in [1.82, 2.24) is 15.2 Å². The van der Waals surface area contributed by atoms with Gasteiger partial charge in [-0.25, -0.2) is 4.98 Å². The predicted molar refractivity (Wildman–Crippen MR) is 81.6 cm³/mol. The summed E-state index contributed by atoms with van der Waals surface area (Å²) in [6.45, 7) is 0. The Morgan fingerprint density at radius 1 is 1.00 bits per heavy atom. The minimum atomic E-state index is 0.595. The maximum absolute atomic E-state index is 5.00. The van der Waals surface area contributed by atoms with E-state index in [1.54, 1.807) is 72.2 Å². The van der Waals surface area contributed by atoms with E-state index in [4.69, 9.17) is 9.47 Å². The van der Waals surface area contributed by atoms with E-state index < -0.39 is 0 Å². The van der Waals surface area contributed by atoms with Crippen molar-refractivity contribution in [2.24, 2.45) is 0 Å². The van der Waals surface area contributed by atoms with Gasteiger partial charge in [0.2, 0.25) is 0 Å². The summed E-state index contributed by atoms with van der Waals surface area (Å²) in [7, 11) is 3.34. The number of aromatic nitrogens is 3. The molecule has 0 atom stereocenters. The molecule has 0 aromatic carbocycles. The molecule has 0 amide bonds. The highest BCUT2D eigenvalue weighted by Gasteiger charge is 2.09. The van der Waals surface area contributed by atoms with Crippen LogP contribution in [0.15, 0.2) is 23.4 Å². The lowest BCUT2D eigenvalue weighted by Crippen LogP contribution is -1.79. The van der Waals surface area contributed by atoms with Crippen LogP contribution in [0, 0.1) is 0 Å². The fraction of sp³-hybridized carbons (Fsp3) is 0.444. The second kappa shape index (κ2) is 8.45. The van der Waals surface area contributed by atoms with Crippen LogP contribution < -0.4 is 0 Å². The predicted octanol–water partition coefficient (Wildman–Crippen LogP) is 3.54. The molecule has 10 heteroatoms. The zero-order valence-electron chi connectivity index (χ0n) is 10.2. The topological polar surface area (TPSA) is 57.1 Å². The third-order valence-electron chi connectivity index (χ3n) is 1.64. The number of thioether (sulfide) groups is 2. The van der Waals surface area contributed by atoms with Crippen molar-refractivity contribution < 1.29 is 9.47 Å². The first-order chi connectivity index (χ1) is 9.31. The summed E-state index contributed by atoms with van der Waals surface area (Å²) in [4.78, 5) is 4.32. The fourth-order valence-electron chi connectivity index (χ4n) is 0.960. The van der Waals surface area contributed by atoms with Crippen LogP contribution in [0.1, 0.15) is 0 Å². The van der Waals surface area contributed by atoms with E-state index in [1.165, 1.54) is 0 Å². The maximum atomic E-state index is 5.00. The summed E-state index contributed by atoms with van der Waals surface area (Å²) >= 11 is 7.92. The maximum Gasteiger partial charge on any atom is 0.180 e. The molecule has 104 valence electrons. The van der Waals surface area contributed by atoms with Gasteiger partial charge in [-0.2, -0.15) is 0 Å². The van der Waals surface area contributed by atoms with Crippen LogP contribution in [0.2, 0.25) is 0 Å². The lowest BCUT2D eigenvalue weighted by atomic mass is 11.0. The molecule has 0 radical (unpaired) electrons. The zero-order chi connectivity index (χ0) is 13.5. The zero-order valence-corrected chi connectivity index (χ0v) is 14.3. The average Bonchev–Trinajstić information content (AvgIpc) is 3.04. The molecule has 5 nitrogen and oxygen atoms in total. The highest BCUT2D eigenvalue weighted by molar-refractivity contribution is 8.05. The van der Waals surface area contributed by atoms with Crippen molar-refractivity contribution in [1.29, 1.82) is 0 Å². The third kappa shape index (κ3) is 5.21. The van der Waals surface area contributed by atoms with Gasteiger partial charge in [0.15, 0.2) is 13.0 Å². The first kappa shape index (κ1) is 15.5. The van der Waals surface area contributed by atoms with Crippen LogP contribution in [-0.4, -0.2) is 41.3 Å². The monoisotopic (exact) mass is 353 g/mol. The second-order valence-electron chi connectivity index (χ2n) is 2.98. The van der Waals surface area contributed by atoms with Crippen LogP contribution in [-0.2, 0) is 9.47 Å². The highest BCUT2D eigenvalue weighted by Crippen LogP contribution is 2.38. The van der Waals surface area contributed by atoms with Crippen LogP contribution in [0.4, 0.5) is 0 Å². The van der Waals surface area contributed by atoms with Gasteiger partial charge in [0.1, 0.15) is 0 Å². The number of nitrogens with zero attached hydrogens (tertiary/aromatic N) is 3. The Hall–Kier alpha value is 0.160. The van der Waals surface area contributed by atoms with E-state index in [0.717, 1.165) is 17.2 Å². The average molecular weight is 354 g/mol. The molecule has 0 aliphatic heterocycles. The highest BCUT2D eigenvalue weighted by atomic mass is 32.2. The van der Waals surface area contributed by atoms with Crippen LogP contribution in [0.25, 0.3) is 0 Å². The van der Waals surface area contributed by atoms with Gasteiger partial charge in [0.05, 0.1) is 22.3 Å². The van der Waals surface area contributed by atoms with E-state index >= 15 is 0 Å². The largest absolute Gasteiger partial charge is 0.374 e. The molecule has 0 aliphatic carbocycles. The number of hydrogen-bond acceptors (Lipinski definition) is 10. The summed E-state index contributed by atoms with van der Waals surface area (Å²) < 4.78 is 13.9. The Morgan fingerprint density at radius 3 is 2.42 bits per heavy atom. The van der Waals surface area contributed by atoms with Gasteiger partial charge < -0.3 is 9.47 Å². The molecule has 0 fully saturated rings. The number of methoxy groups -OCH3 is 2. The van der Waals surface area contributed by atoms with Crippen molar-refractivity contribution in [3.8, 4) is 0 Å². The van der Waals surface area contributed by atoms with Crippen molar-refractivity contribution in [2.75, 3.05) is 26.1 Å². The molecular formula is C9H11N3O2S5. The van der Waals surface area contributed by atoms with Gasteiger partial charge in [-0.3, -0.25) is 0 Å². The van der Waals surface area contributed by atoms with Gasteiger partial charge in [0.25, 0.3) is 0 Å². The molecule has 0 aliphatic rings. The second-order valence-corrected chi connectivity index (χ2v) is 8.88. The Morgan fingerprint density at radius 2 is 1.68 bits per heavy atom. The van der Waals surface area contributed by atoms with Crippen LogP contribution in [0.3, 0.4) is 0 Å². The summed E-state index contributed by atoms with van der Waals surface area (Å²) in [5.41, 5.74) is 0. The lowest BCUT2D eigenvalue weighted by molar-refractivity contribution is 0.259. The number of rotatable bonds is 8. The van der Waals surface area contributed by atoms with E-state index in [0.29, 0.717) is 11.9 Å². The molecule has 0 bridgehead atoms. The van der Waals surface area contributed by atoms with Crippen LogP contribution >= 0.6 is 58.0 Å². The van der Waals surface area contributed by atoms with Crippen molar-refractivity contribution in [3.63, 3.8) is 0 Å². The van der Waals surface area contributed by atoms with Crippen molar-refractivity contribution in [3.05, 3.63) is 6.20 Å². The Balaban J connectivity index is 1.89. The quantitative estimate of drug-likeness (QED) is 0.528. The fourth-order valence-corrected chi connectivity index (χ4v) is 5.73. The molecule has 2 rings (SSSR count). The Labute approximate surface area is 131 Å². The van der Waals surface area contributed by atoms with Crippen molar-refractivity contribution >= 4 is 58.0 Å². The van der Waals surface area contributed by atoms with Gasteiger partial charge in [-0.05, 0) is 11.8 Å². The Bertz CT molecular complexity index is 459. The smallest absolute Gasteiger partial charge is 0.180 e. The molecule has 2 aromatic heterocycles. The van der Waals surface area contributed by atoms with Crippen LogP contribution in [0.5, 0.6) is 0 Å². The molecule has 0 saturated heterocycles. The number of thiazole rings is 1. The van der Waals surface area contributed by atoms with Crippen molar-refractivity contribution in [2.45, 2.75) is 17.2 Å². The molecule has 0 N–H and O–H groups in total. The standard InChI is InChI=1S/C9H11N3O2S5/c1-13-4-15-7-10-3-6(17-7)18-9-12-11-8(19-9)16-5-14-2/h3H,4-5H2,1-2H3. The van der Waals surface area contributed by atoms with E-state index in [9.17, 15) is 0 Å². The minimum absolute atomic E-state index is 0.595. The number of hydrogen-bond donors (Lipinski definition) is 0. The first-order valence-corrected chi connectivity index (χ1v) is 9.44. The summed E-state index contributed by atoms with van der Waals surface area (Å²) in [6.07, 6.45) is 1.86. The van der Waals surface area contributed by atoms with Gasteiger partial charge in [-0.1, -0.05) is 34.9 Å². The van der Waals surface area contributed by atoms with E-state index in [1.807, 2.05) is 6.20 Å². The summed E-state index contributed by atoms with van der Waals surface area (Å²) in [6, 6.07) is 0. The van der Waals surface area contributed by atoms with Gasteiger partial charge in [-0.15, -0.1) is 21.5 Å². The minimum Gasteiger partial charge on any atom is -0.374 e. The molecule has 0 saturated carbocycles. The number of ether oxygens (including phenoxy) is 2. The molecule has 2 heterocycles. The lowest BCUT2D eigenvalue weighted by Gasteiger charge is -1.92. The molecule has 0 unspecified atom stereocenters. The van der Waals surface area contributed by atoms with Gasteiger partial charge in [0, 0.05) is 14.2 Å². The first-order valence-electron chi connectivity index (χ1n) is 5.02. The molecule has 0 spiro atoms. The Kier molecular flexibility index (Phi) is 6.91. The molecule has 19 heavy (non-hydrogen) atoms. The third-order valence-corrected chi connectivity index (χ3v) is 6.90. The summed E-state index contributed by atoms with van der Waals surface area (Å²) in [5, 5.41) is 8.23.